The molecule has 3 heteroatoms. The van der Waals surface area contributed by atoms with E-state index >= 15 is 0 Å². The van der Waals surface area contributed by atoms with E-state index in [1.807, 2.05) is 6.92 Å². The van der Waals surface area contributed by atoms with Crippen molar-refractivity contribution in [3.63, 3.8) is 0 Å². The van der Waals surface area contributed by atoms with E-state index in [1.165, 1.54) is 51.4 Å². The van der Waals surface area contributed by atoms with Gasteiger partial charge in [0.1, 0.15) is 6.10 Å². The van der Waals surface area contributed by atoms with E-state index in [2.05, 4.69) is 27.7 Å². The van der Waals surface area contributed by atoms with Crippen LogP contribution in [0.25, 0.3) is 0 Å². The summed E-state index contributed by atoms with van der Waals surface area (Å²) in [4.78, 5) is 0. The van der Waals surface area contributed by atoms with Gasteiger partial charge in [0.25, 0.3) is 0 Å². The predicted molar refractivity (Wildman–Crippen MR) is 98.8 cm³/mol. The van der Waals surface area contributed by atoms with Crippen LogP contribution >= 0.6 is 0 Å². The highest BCUT2D eigenvalue weighted by Crippen LogP contribution is 2.30. The second-order valence-electron chi connectivity index (χ2n) is 8.44. The van der Waals surface area contributed by atoms with Crippen LogP contribution in [0.1, 0.15) is 92.4 Å². The first-order valence-electron chi connectivity index (χ1n) is 9.85. The van der Waals surface area contributed by atoms with Gasteiger partial charge in [-0.05, 0) is 33.1 Å². The smallest absolute Gasteiger partial charge is 0.101 e. The van der Waals surface area contributed by atoms with Crippen molar-refractivity contribution in [3.8, 4) is 0 Å². The van der Waals surface area contributed by atoms with Gasteiger partial charge in [0, 0.05) is 0 Å². The summed E-state index contributed by atoms with van der Waals surface area (Å²) in [5.41, 5.74) is 5.86. The number of rotatable bonds is 14. The molecule has 23 heavy (non-hydrogen) atoms. The van der Waals surface area contributed by atoms with Crippen LogP contribution in [0.4, 0.5) is 0 Å². The Kier molecular flexibility index (Phi) is 9.10. The lowest BCUT2D eigenvalue weighted by Gasteiger charge is -2.34. The highest BCUT2D eigenvalue weighted by molar-refractivity contribution is 4.95. The van der Waals surface area contributed by atoms with E-state index < -0.39 is 0 Å². The second kappa shape index (κ2) is 10.0. The van der Waals surface area contributed by atoms with Crippen LogP contribution in [0.3, 0.4) is 0 Å². The Morgan fingerprint density at radius 3 is 2.22 bits per heavy atom. The standard InChI is InChI=1S/C20H41NO2/c1-6-8-10-11-13-17(12-9-7-2)14-19(3,4)23-16-20(5,21)18-15-22-18/h17-18H,6-16,21H2,1-5H3. The van der Waals surface area contributed by atoms with Gasteiger partial charge in [-0.3, -0.25) is 0 Å². The topological polar surface area (TPSA) is 47.8 Å². The third-order valence-corrected chi connectivity index (χ3v) is 5.05. The molecule has 2 N–H and O–H groups in total. The Balaban J connectivity index is 2.39. The van der Waals surface area contributed by atoms with Crippen molar-refractivity contribution in [2.45, 2.75) is 110 Å². The first-order chi connectivity index (χ1) is 10.8. The molecule has 0 radical (unpaired) electrons. The summed E-state index contributed by atoms with van der Waals surface area (Å²) in [5.74, 6) is 0.781. The third-order valence-electron chi connectivity index (χ3n) is 5.05. The molecule has 0 spiro atoms. The minimum atomic E-state index is -0.350. The van der Waals surface area contributed by atoms with E-state index in [0.717, 1.165) is 18.9 Å². The fourth-order valence-electron chi connectivity index (χ4n) is 3.33. The van der Waals surface area contributed by atoms with Gasteiger partial charge in [-0.1, -0.05) is 65.2 Å². The van der Waals surface area contributed by atoms with Crippen molar-refractivity contribution in [2.24, 2.45) is 11.7 Å². The number of hydrogen-bond acceptors (Lipinski definition) is 3. The molecule has 0 aromatic carbocycles. The number of ether oxygens (including phenoxy) is 2. The highest BCUT2D eigenvalue weighted by Gasteiger charge is 2.41. The van der Waals surface area contributed by atoms with Gasteiger partial charge >= 0.3 is 0 Å². The van der Waals surface area contributed by atoms with E-state index in [9.17, 15) is 0 Å². The van der Waals surface area contributed by atoms with Gasteiger partial charge in [0.05, 0.1) is 24.4 Å². The molecule has 1 heterocycles. The van der Waals surface area contributed by atoms with Crippen LogP contribution in [0.2, 0.25) is 0 Å². The summed E-state index contributed by atoms with van der Waals surface area (Å²) in [5, 5.41) is 0. The molecule has 1 aliphatic heterocycles. The second-order valence-corrected chi connectivity index (χ2v) is 8.44. The van der Waals surface area contributed by atoms with Crippen LogP contribution in [-0.2, 0) is 9.47 Å². The summed E-state index contributed by atoms with van der Waals surface area (Å²) >= 11 is 0. The van der Waals surface area contributed by atoms with Crippen molar-refractivity contribution in [3.05, 3.63) is 0 Å². The SMILES string of the molecule is CCCCCCC(CCCC)CC(C)(C)OCC(C)(N)C1CO1. The maximum Gasteiger partial charge on any atom is 0.101 e. The average Bonchev–Trinajstić information content (AvgIpc) is 3.32. The third kappa shape index (κ3) is 9.07. The van der Waals surface area contributed by atoms with Gasteiger partial charge in [-0.15, -0.1) is 0 Å². The fourth-order valence-corrected chi connectivity index (χ4v) is 3.33. The van der Waals surface area contributed by atoms with E-state index in [-0.39, 0.29) is 17.2 Å². The zero-order valence-corrected chi connectivity index (χ0v) is 16.3. The molecule has 1 fully saturated rings. The van der Waals surface area contributed by atoms with Gasteiger partial charge in [-0.25, -0.2) is 0 Å². The van der Waals surface area contributed by atoms with Gasteiger partial charge < -0.3 is 15.2 Å². The molecule has 0 amide bonds. The van der Waals surface area contributed by atoms with Crippen molar-refractivity contribution >= 4 is 0 Å². The van der Waals surface area contributed by atoms with Gasteiger partial charge in [0.15, 0.2) is 0 Å². The van der Waals surface area contributed by atoms with Crippen LogP contribution in [0.15, 0.2) is 0 Å². The number of nitrogens with two attached hydrogens (primary N) is 1. The summed E-state index contributed by atoms with van der Waals surface area (Å²) in [6.07, 6.45) is 12.0. The number of epoxide rings is 1. The normalized spacial score (nSPS) is 21.9. The van der Waals surface area contributed by atoms with Gasteiger partial charge in [-0.2, -0.15) is 0 Å². The molecule has 0 saturated carbocycles. The first kappa shape index (κ1) is 20.9. The van der Waals surface area contributed by atoms with E-state index in [0.29, 0.717) is 6.61 Å². The van der Waals surface area contributed by atoms with Gasteiger partial charge in [0.2, 0.25) is 0 Å². The molecular weight excluding hydrogens is 286 g/mol. The van der Waals surface area contributed by atoms with Crippen molar-refractivity contribution in [2.75, 3.05) is 13.2 Å². The van der Waals surface area contributed by atoms with E-state index in [1.54, 1.807) is 0 Å². The Bertz CT molecular complexity index is 311. The van der Waals surface area contributed by atoms with Crippen LogP contribution in [0, 0.1) is 5.92 Å². The molecular formula is C20H41NO2. The molecule has 1 rings (SSSR count). The molecule has 0 bridgehead atoms. The molecule has 0 aromatic rings. The maximum absolute atomic E-state index is 6.30. The molecule has 1 saturated heterocycles. The molecule has 138 valence electrons. The number of unbranched alkanes of at least 4 members (excludes halogenated alkanes) is 4. The molecule has 0 aromatic heterocycles. The minimum absolute atomic E-state index is 0.0985. The molecule has 3 unspecified atom stereocenters. The molecule has 3 atom stereocenters. The average molecular weight is 328 g/mol. The molecule has 3 nitrogen and oxygen atoms in total. The van der Waals surface area contributed by atoms with Crippen molar-refractivity contribution in [1.82, 2.24) is 0 Å². The van der Waals surface area contributed by atoms with Crippen LogP contribution < -0.4 is 5.73 Å². The lowest BCUT2D eigenvalue weighted by molar-refractivity contribution is -0.0582. The van der Waals surface area contributed by atoms with E-state index in [4.69, 9.17) is 15.2 Å². The zero-order chi connectivity index (χ0) is 17.3. The maximum atomic E-state index is 6.30. The summed E-state index contributed by atoms with van der Waals surface area (Å²) in [6, 6.07) is 0. The van der Waals surface area contributed by atoms with Crippen LogP contribution in [0.5, 0.6) is 0 Å². The minimum Gasteiger partial charge on any atom is -0.374 e. The lowest BCUT2D eigenvalue weighted by Crippen LogP contribution is -2.49. The Morgan fingerprint density at radius 2 is 1.65 bits per heavy atom. The summed E-state index contributed by atoms with van der Waals surface area (Å²) in [7, 11) is 0. The van der Waals surface area contributed by atoms with Crippen LogP contribution in [-0.4, -0.2) is 30.5 Å². The zero-order valence-electron chi connectivity index (χ0n) is 16.3. The lowest BCUT2D eigenvalue weighted by atomic mass is 9.85. The largest absolute Gasteiger partial charge is 0.374 e. The van der Waals surface area contributed by atoms with Crippen molar-refractivity contribution in [1.29, 1.82) is 0 Å². The summed E-state index contributed by atoms with van der Waals surface area (Å²) in [6.45, 7) is 12.4. The number of hydrogen-bond donors (Lipinski definition) is 1. The Hall–Kier alpha value is -0.120. The fraction of sp³-hybridized carbons (Fsp3) is 1.00. The predicted octanol–water partition coefficient (Wildman–Crippen LogP) is 5.06. The first-order valence-corrected chi connectivity index (χ1v) is 9.85. The Morgan fingerprint density at radius 1 is 1.04 bits per heavy atom. The Labute approximate surface area is 144 Å². The molecule has 1 aliphatic rings. The quantitative estimate of drug-likeness (QED) is 0.358. The van der Waals surface area contributed by atoms with Crippen molar-refractivity contribution < 1.29 is 9.47 Å². The monoisotopic (exact) mass is 327 g/mol. The molecule has 0 aliphatic carbocycles. The summed E-state index contributed by atoms with van der Waals surface area (Å²) < 4.78 is 11.6. The highest BCUT2D eigenvalue weighted by atomic mass is 16.6.